The molecule has 0 N–H and O–H groups in total. The summed E-state index contributed by atoms with van der Waals surface area (Å²) in [7, 11) is 0. The number of thiazole rings is 1. The molecule has 1 aromatic heterocycles. The van der Waals surface area contributed by atoms with Crippen LogP contribution in [0.1, 0.15) is 16.1 Å². The first kappa shape index (κ1) is 10.5. The molecule has 2 rings (SSSR count). The van der Waals surface area contributed by atoms with Gasteiger partial charge in [0.15, 0.2) is 6.29 Å². The number of carbonyl (C=O) groups excluding carboxylic acids is 1. The third kappa shape index (κ3) is 2.16. The van der Waals surface area contributed by atoms with Gasteiger partial charge in [-0.3, -0.25) is 4.79 Å². The lowest BCUT2D eigenvalue weighted by Gasteiger charge is -2.01. The van der Waals surface area contributed by atoms with Crippen molar-refractivity contribution < 1.29 is 4.79 Å². The molecule has 0 unspecified atom stereocenters. The Morgan fingerprint density at radius 1 is 1.47 bits per heavy atom. The van der Waals surface area contributed by atoms with Crippen LogP contribution in [0.4, 0.5) is 0 Å². The van der Waals surface area contributed by atoms with Crippen LogP contribution in [0.5, 0.6) is 0 Å². The second-order valence-corrected chi connectivity index (χ2v) is 4.89. The van der Waals surface area contributed by atoms with Gasteiger partial charge in [-0.25, -0.2) is 4.98 Å². The molecule has 0 aliphatic carbocycles. The molecule has 2 nitrogen and oxygen atoms in total. The van der Waals surface area contributed by atoms with Crippen LogP contribution >= 0.6 is 27.3 Å². The Kier molecular flexibility index (Phi) is 2.98. The summed E-state index contributed by atoms with van der Waals surface area (Å²) in [4.78, 5) is 14.7. The lowest BCUT2D eigenvalue weighted by Crippen LogP contribution is -1.82. The highest BCUT2D eigenvalue weighted by atomic mass is 79.9. The number of nitrogens with zero attached hydrogens (tertiary/aromatic N) is 1. The van der Waals surface area contributed by atoms with E-state index in [0.29, 0.717) is 5.69 Å². The third-order valence-electron chi connectivity index (χ3n) is 2.00. The summed E-state index contributed by atoms with van der Waals surface area (Å²) in [5.74, 6) is 0. The van der Waals surface area contributed by atoms with Crippen LogP contribution in [-0.4, -0.2) is 11.3 Å². The van der Waals surface area contributed by atoms with E-state index in [2.05, 4.69) is 20.9 Å². The lowest BCUT2D eigenvalue weighted by molar-refractivity contribution is 0.111. The Labute approximate surface area is 100 Å². The molecule has 1 aromatic carbocycles. The quantitative estimate of drug-likeness (QED) is 0.786. The minimum absolute atomic E-state index is 0.488. The number of rotatable bonds is 2. The highest BCUT2D eigenvalue weighted by Gasteiger charge is 2.07. The number of carbonyl (C=O) groups is 1. The van der Waals surface area contributed by atoms with Gasteiger partial charge in [0.1, 0.15) is 10.7 Å². The molecule has 0 atom stereocenters. The predicted octanol–water partition coefficient (Wildman–Crippen LogP) is 3.69. The van der Waals surface area contributed by atoms with E-state index in [9.17, 15) is 4.79 Å². The van der Waals surface area contributed by atoms with Gasteiger partial charge in [0.25, 0.3) is 0 Å². The number of aryl methyl sites for hydroxylation is 1. The van der Waals surface area contributed by atoms with Crippen molar-refractivity contribution in [3.05, 3.63) is 39.3 Å². The Hall–Kier alpha value is -1.00. The van der Waals surface area contributed by atoms with Crippen LogP contribution in [0.25, 0.3) is 10.6 Å². The molecular weight excluding hydrogens is 274 g/mol. The van der Waals surface area contributed by atoms with E-state index in [-0.39, 0.29) is 0 Å². The van der Waals surface area contributed by atoms with Gasteiger partial charge in [-0.1, -0.05) is 28.1 Å². The van der Waals surface area contributed by atoms with E-state index >= 15 is 0 Å². The smallest absolute Gasteiger partial charge is 0.169 e. The van der Waals surface area contributed by atoms with E-state index < -0.39 is 0 Å². The largest absolute Gasteiger partial charge is 0.296 e. The topological polar surface area (TPSA) is 30.0 Å². The molecule has 2 aromatic rings. The van der Waals surface area contributed by atoms with Gasteiger partial charge >= 0.3 is 0 Å². The van der Waals surface area contributed by atoms with Crippen LogP contribution < -0.4 is 0 Å². The van der Waals surface area contributed by atoms with Gasteiger partial charge in [0.05, 0.1) is 0 Å². The number of halogens is 1. The van der Waals surface area contributed by atoms with Crippen molar-refractivity contribution in [2.75, 3.05) is 0 Å². The average Bonchev–Trinajstić information content (AvgIpc) is 2.66. The fourth-order valence-corrected chi connectivity index (χ4v) is 2.87. The van der Waals surface area contributed by atoms with E-state index in [1.807, 2.05) is 25.1 Å². The van der Waals surface area contributed by atoms with Crippen LogP contribution in [0.15, 0.2) is 28.1 Å². The van der Waals surface area contributed by atoms with Crippen molar-refractivity contribution in [2.24, 2.45) is 0 Å². The molecule has 0 amide bonds. The van der Waals surface area contributed by atoms with Crippen LogP contribution in [0.3, 0.4) is 0 Å². The maximum absolute atomic E-state index is 10.5. The van der Waals surface area contributed by atoms with Crippen LogP contribution in [0, 0.1) is 6.92 Å². The summed E-state index contributed by atoms with van der Waals surface area (Å²) < 4.78 is 1.01. The molecule has 4 heteroatoms. The maximum atomic E-state index is 10.5. The molecule has 0 saturated carbocycles. The van der Waals surface area contributed by atoms with E-state index in [1.54, 1.807) is 5.38 Å². The van der Waals surface area contributed by atoms with Gasteiger partial charge in [0, 0.05) is 15.4 Å². The Balaban J connectivity index is 2.49. The van der Waals surface area contributed by atoms with Gasteiger partial charge in [0.2, 0.25) is 0 Å². The second kappa shape index (κ2) is 4.24. The molecule has 0 bridgehead atoms. The Morgan fingerprint density at radius 3 is 2.87 bits per heavy atom. The first-order chi connectivity index (χ1) is 7.20. The first-order valence-corrected chi connectivity index (χ1v) is 6.05. The maximum Gasteiger partial charge on any atom is 0.169 e. The molecule has 0 fully saturated rings. The summed E-state index contributed by atoms with van der Waals surface area (Å²) in [5, 5.41) is 2.62. The van der Waals surface area contributed by atoms with Crippen molar-refractivity contribution in [1.29, 1.82) is 0 Å². The van der Waals surface area contributed by atoms with Crippen LogP contribution in [0.2, 0.25) is 0 Å². The summed E-state index contributed by atoms with van der Waals surface area (Å²) in [6.45, 7) is 2.03. The molecular formula is C11H8BrNOS. The average molecular weight is 282 g/mol. The third-order valence-corrected chi connectivity index (χ3v) is 3.55. The zero-order valence-electron chi connectivity index (χ0n) is 8.03. The highest BCUT2D eigenvalue weighted by molar-refractivity contribution is 9.10. The predicted molar refractivity (Wildman–Crippen MR) is 65.4 cm³/mol. The molecule has 15 heavy (non-hydrogen) atoms. The zero-order chi connectivity index (χ0) is 10.8. The molecule has 0 saturated heterocycles. The van der Waals surface area contributed by atoms with Crippen molar-refractivity contribution in [3.8, 4) is 10.6 Å². The molecule has 0 aliphatic heterocycles. The normalized spacial score (nSPS) is 10.3. The highest BCUT2D eigenvalue weighted by Crippen LogP contribution is 2.30. The SMILES string of the molecule is Cc1ccc(-c2nc(C=O)cs2)c(Br)c1. The summed E-state index contributed by atoms with van der Waals surface area (Å²) in [6.07, 6.45) is 0.766. The lowest BCUT2D eigenvalue weighted by atomic mass is 10.2. The molecule has 76 valence electrons. The molecule has 1 heterocycles. The number of benzene rings is 1. The minimum atomic E-state index is 0.488. The number of aromatic nitrogens is 1. The van der Waals surface area contributed by atoms with Crippen molar-refractivity contribution in [2.45, 2.75) is 6.92 Å². The zero-order valence-corrected chi connectivity index (χ0v) is 10.4. The van der Waals surface area contributed by atoms with Gasteiger partial charge in [-0.15, -0.1) is 11.3 Å². The second-order valence-electron chi connectivity index (χ2n) is 3.18. The van der Waals surface area contributed by atoms with Crippen molar-refractivity contribution in [1.82, 2.24) is 4.98 Å². The monoisotopic (exact) mass is 281 g/mol. The number of hydrogen-bond acceptors (Lipinski definition) is 3. The van der Waals surface area contributed by atoms with Crippen molar-refractivity contribution in [3.63, 3.8) is 0 Å². The van der Waals surface area contributed by atoms with Crippen LogP contribution in [-0.2, 0) is 0 Å². The fourth-order valence-electron chi connectivity index (χ4n) is 1.26. The number of aldehydes is 1. The summed E-state index contributed by atoms with van der Waals surface area (Å²) in [6, 6.07) is 6.08. The van der Waals surface area contributed by atoms with Gasteiger partial charge in [-0.2, -0.15) is 0 Å². The molecule has 0 spiro atoms. The minimum Gasteiger partial charge on any atom is -0.296 e. The summed E-state index contributed by atoms with van der Waals surface area (Å²) in [5.41, 5.74) is 2.71. The molecule has 0 radical (unpaired) electrons. The van der Waals surface area contributed by atoms with E-state index in [1.165, 1.54) is 16.9 Å². The first-order valence-electron chi connectivity index (χ1n) is 4.38. The Morgan fingerprint density at radius 2 is 2.27 bits per heavy atom. The number of hydrogen-bond donors (Lipinski definition) is 0. The van der Waals surface area contributed by atoms with E-state index in [4.69, 9.17) is 0 Å². The standard InChI is InChI=1S/C11H8BrNOS/c1-7-2-3-9(10(12)4-7)11-13-8(5-14)6-15-11/h2-6H,1H3. The van der Waals surface area contributed by atoms with Crippen molar-refractivity contribution >= 4 is 33.6 Å². The Bertz CT molecular complexity index is 507. The van der Waals surface area contributed by atoms with Gasteiger partial charge < -0.3 is 0 Å². The fraction of sp³-hybridized carbons (Fsp3) is 0.0909. The van der Waals surface area contributed by atoms with E-state index in [0.717, 1.165) is 21.3 Å². The summed E-state index contributed by atoms with van der Waals surface area (Å²) >= 11 is 4.97. The molecule has 0 aliphatic rings. The van der Waals surface area contributed by atoms with Gasteiger partial charge in [-0.05, 0) is 18.6 Å².